The SMILES string of the molecule is Cc1ccccc1S(=O)(=O)N1C[C@@H](Oc2ccccc2)C[C@H]1C(N)=O. The highest BCUT2D eigenvalue weighted by atomic mass is 32.2. The molecule has 1 fully saturated rings. The van der Waals surface area contributed by atoms with Gasteiger partial charge in [0.1, 0.15) is 17.9 Å². The third-order valence-electron chi connectivity index (χ3n) is 4.27. The number of benzene rings is 2. The molecule has 7 heteroatoms. The van der Waals surface area contributed by atoms with Crippen LogP contribution in [0.1, 0.15) is 12.0 Å². The minimum atomic E-state index is -3.84. The van der Waals surface area contributed by atoms with Gasteiger partial charge in [-0.1, -0.05) is 36.4 Å². The number of amides is 1. The maximum atomic E-state index is 13.0. The third-order valence-corrected chi connectivity index (χ3v) is 6.31. The fourth-order valence-corrected chi connectivity index (χ4v) is 4.91. The van der Waals surface area contributed by atoms with E-state index < -0.39 is 28.1 Å². The molecule has 0 radical (unpaired) electrons. The lowest BCUT2D eigenvalue weighted by Gasteiger charge is -2.22. The smallest absolute Gasteiger partial charge is 0.244 e. The first-order valence-electron chi connectivity index (χ1n) is 7.98. The predicted molar refractivity (Wildman–Crippen MR) is 93.5 cm³/mol. The van der Waals surface area contributed by atoms with Crippen LogP contribution in [0.4, 0.5) is 0 Å². The van der Waals surface area contributed by atoms with E-state index in [1.54, 1.807) is 37.3 Å². The molecule has 1 aliphatic rings. The van der Waals surface area contributed by atoms with Crippen LogP contribution in [0.15, 0.2) is 59.5 Å². The largest absolute Gasteiger partial charge is 0.489 e. The van der Waals surface area contributed by atoms with Gasteiger partial charge in [-0.2, -0.15) is 4.31 Å². The molecular formula is C18H20N2O4S. The van der Waals surface area contributed by atoms with Crippen LogP contribution < -0.4 is 10.5 Å². The molecule has 1 saturated heterocycles. The van der Waals surface area contributed by atoms with E-state index in [9.17, 15) is 13.2 Å². The van der Waals surface area contributed by atoms with Crippen LogP contribution in [0.2, 0.25) is 0 Å². The van der Waals surface area contributed by atoms with Crippen molar-refractivity contribution >= 4 is 15.9 Å². The summed E-state index contributed by atoms with van der Waals surface area (Å²) >= 11 is 0. The van der Waals surface area contributed by atoms with Crippen molar-refractivity contribution in [1.29, 1.82) is 0 Å². The van der Waals surface area contributed by atoms with Crippen LogP contribution in [0.3, 0.4) is 0 Å². The molecule has 1 aliphatic heterocycles. The average molecular weight is 360 g/mol. The number of para-hydroxylation sites is 1. The first kappa shape index (κ1) is 17.4. The van der Waals surface area contributed by atoms with Crippen LogP contribution in [-0.4, -0.2) is 37.3 Å². The van der Waals surface area contributed by atoms with Gasteiger partial charge in [-0.05, 0) is 30.7 Å². The zero-order valence-electron chi connectivity index (χ0n) is 13.8. The Labute approximate surface area is 147 Å². The number of primary amides is 1. The lowest BCUT2D eigenvalue weighted by atomic mass is 10.2. The number of nitrogens with zero attached hydrogens (tertiary/aromatic N) is 1. The van der Waals surface area contributed by atoms with Gasteiger partial charge >= 0.3 is 0 Å². The minimum absolute atomic E-state index is 0.0825. The van der Waals surface area contributed by atoms with Crippen LogP contribution >= 0.6 is 0 Å². The highest BCUT2D eigenvalue weighted by Gasteiger charge is 2.44. The molecule has 1 amide bonds. The summed E-state index contributed by atoms with van der Waals surface area (Å²) in [5.41, 5.74) is 6.08. The van der Waals surface area contributed by atoms with Crippen molar-refractivity contribution in [3.05, 3.63) is 60.2 Å². The fourth-order valence-electron chi connectivity index (χ4n) is 3.04. The Hall–Kier alpha value is -2.38. The number of sulfonamides is 1. The molecular weight excluding hydrogens is 340 g/mol. The molecule has 2 aromatic rings. The Kier molecular flexibility index (Phi) is 4.78. The first-order valence-corrected chi connectivity index (χ1v) is 9.42. The van der Waals surface area contributed by atoms with E-state index in [1.165, 1.54) is 6.07 Å². The number of carbonyl (C=O) groups is 1. The summed E-state index contributed by atoms with van der Waals surface area (Å²) in [7, 11) is -3.84. The van der Waals surface area contributed by atoms with Crippen LogP contribution in [0.25, 0.3) is 0 Å². The molecule has 25 heavy (non-hydrogen) atoms. The number of ether oxygens (including phenoxy) is 1. The van der Waals surface area contributed by atoms with Gasteiger partial charge in [-0.15, -0.1) is 0 Å². The number of hydrogen-bond acceptors (Lipinski definition) is 4. The van der Waals surface area contributed by atoms with Crippen LogP contribution in [-0.2, 0) is 14.8 Å². The second-order valence-electron chi connectivity index (χ2n) is 6.05. The Morgan fingerprint density at radius 1 is 1.12 bits per heavy atom. The van der Waals surface area contributed by atoms with Crippen molar-refractivity contribution in [2.24, 2.45) is 5.73 Å². The maximum absolute atomic E-state index is 13.0. The van der Waals surface area contributed by atoms with Crippen molar-refractivity contribution in [3.63, 3.8) is 0 Å². The van der Waals surface area contributed by atoms with Gasteiger partial charge in [0, 0.05) is 6.42 Å². The van der Waals surface area contributed by atoms with Crippen LogP contribution in [0, 0.1) is 6.92 Å². The predicted octanol–water partition coefficient (Wildman–Crippen LogP) is 1.69. The van der Waals surface area contributed by atoms with Crippen molar-refractivity contribution in [3.8, 4) is 5.75 Å². The molecule has 2 atom stereocenters. The molecule has 0 aromatic heterocycles. The molecule has 132 valence electrons. The normalized spacial score (nSPS) is 21.2. The van der Waals surface area contributed by atoms with Crippen molar-refractivity contribution in [1.82, 2.24) is 4.31 Å². The van der Waals surface area contributed by atoms with Gasteiger partial charge in [0.2, 0.25) is 15.9 Å². The summed E-state index contributed by atoms with van der Waals surface area (Å²) in [6.45, 7) is 1.80. The standard InChI is InChI=1S/C18H20N2O4S/c1-13-7-5-6-10-17(13)25(22,23)20-12-15(11-16(20)18(19)21)24-14-8-3-2-4-9-14/h2-10,15-16H,11-12H2,1H3,(H2,19,21)/t15-,16-/m0/s1. The second-order valence-corrected chi connectivity index (χ2v) is 7.91. The molecule has 0 bridgehead atoms. The molecule has 2 N–H and O–H groups in total. The van der Waals surface area contributed by atoms with Crippen molar-refractivity contribution < 1.29 is 17.9 Å². The lowest BCUT2D eigenvalue weighted by Crippen LogP contribution is -2.43. The van der Waals surface area contributed by atoms with Gasteiger partial charge < -0.3 is 10.5 Å². The third kappa shape index (κ3) is 3.52. The summed E-state index contributed by atoms with van der Waals surface area (Å²) in [5.74, 6) is -0.0396. The molecule has 6 nitrogen and oxygen atoms in total. The second kappa shape index (κ2) is 6.85. The van der Waals surface area contributed by atoms with Gasteiger partial charge in [0.15, 0.2) is 0 Å². The fraction of sp³-hybridized carbons (Fsp3) is 0.278. The highest BCUT2D eigenvalue weighted by Crippen LogP contribution is 2.30. The number of hydrogen-bond donors (Lipinski definition) is 1. The minimum Gasteiger partial charge on any atom is -0.489 e. The molecule has 0 aliphatic carbocycles. The zero-order valence-corrected chi connectivity index (χ0v) is 14.6. The van der Waals surface area contributed by atoms with Gasteiger partial charge in [0.25, 0.3) is 0 Å². The molecule has 0 saturated carbocycles. The van der Waals surface area contributed by atoms with Gasteiger partial charge in [-0.3, -0.25) is 4.79 Å². The van der Waals surface area contributed by atoms with E-state index in [-0.39, 0.29) is 17.9 Å². The van der Waals surface area contributed by atoms with Crippen molar-refractivity contribution in [2.75, 3.05) is 6.54 Å². The topological polar surface area (TPSA) is 89.7 Å². The monoisotopic (exact) mass is 360 g/mol. The summed E-state index contributed by atoms with van der Waals surface area (Å²) < 4.78 is 33.1. The highest BCUT2D eigenvalue weighted by molar-refractivity contribution is 7.89. The Morgan fingerprint density at radius 2 is 1.76 bits per heavy atom. The van der Waals surface area contributed by atoms with E-state index in [0.29, 0.717) is 11.3 Å². The van der Waals surface area contributed by atoms with E-state index >= 15 is 0 Å². The van der Waals surface area contributed by atoms with E-state index in [0.717, 1.165) is 4.31 Å². The Morgan fingerprint density at radius 3 is 2.40 bits per heavy atom. The molecule has 0 spiro atoms. The summed E-state index contributed by atoms with van der Waals surface area (Å²) in [6, 6.07) is 14.9. The summed E-state index contributed by atoms with van der Waals surface area (Å²) in [5, 5.41) is 0. The number of carbonyl (C=O) groups excluding carboxylic acids is 1. The average Bonchev–Trinajstić information content (AvgIpc) is 3.01. The number of nitrogens with two attached hydrogens (primary N) is 1. The first-order chi connectivity index (χ1) is 11.9. The van der Waals surface area contributed by atoms with E-state index in [1.807, 2.05) is 18.2 Å². The Bertz CT molecular complexity index is 868. The maximum Gasteiger partial charge on any atom is 0.244 e. The van der Waals surface area contributed by atoms with E-state index in [2.05, 4.69) is 0 Å². The number of rotatable bonds is 5. The molecule has 0 unspecified atom stereocenters. The molecule has 2 aromatic carbocycles. The Balaban J connectivity index is 1.89. The lowest BCUT2D eigenvalue weighted by molar-refractivity contribution is -0.121. The summed E-state index contributed by atoms with van der Waals surface area (Å²) in [6.07, 6.45) is -0.200. The molecule has 1 heterocycles. The van der Waals surface area contributed by atoms with Gasteiger partial charge in [-0.25, -0.2) is 8.42 Å². The number of aryl methyl sites for hydroxylation is 1. The molecule has 3 rings (SSSR count). The van der Waals surface area contributed by atoms with E-state index in [4.69, 9.17) is 10.5 Å². The summed E-state index contributed by atoms with van der Waals surface area (Å²) in [4.78, 5) is 12.0. The zero-order chi connectivity index (χ0) is 18.0. The van der Waals surface area contributed by atoms with Crippen LogP contribution in [0.5, 0.6) is 5.75 Å². The quantitative estimate of drug-likeness (QED) is 0.879. The van der Waals surface area contributed by atoms with Gasteiger partial charge in [0.05, 0.1) is 11.4 Å². The van der Waals surface area contributed by atoms with Crippen molar-refractivity contribution in [2.45, 2.75) is 30.4 Å².